The van der Waals surface area contributed by atoms with Crippen molar-refractivity contribution in [3.63, 3.8) is 0 Å². The van der Waals surface area contributed by atoms with Gasteiger partial charge in [-0.05, 0) is 32.2 Å². The normalized spacial score (nSPS) is 11.3. The van der Waals surface area contributed by atoms with Gasteiger partial charge in [-0.2, -0.15) is 0 Å². The number of nitrogens with one attached hydrogen (secondary N) is 1. The van der Waals surface area contributed by atoms with Crippen molar-refractivity contribution in [1.82, 2.24) is 14.9 Å². The van der Waals surface area contributed by atoms with Gasteiger partial charge in [0, 0.05) is 45.8 Å². The first-order chi connectivity index (χ1) is 11.4. The van der Waals surface area contributed by atoms with Crippen LogP contribution in [-0.2, 0) is 13.1 Å². The van der Waals surface area contributed by atoms with E-state index in [1.54, 1.807) is 29.5 Å². The summed E-state index contributed by atoms with van der Waals surface area (Å²) < 4.78 is 0. The van der Waals surface area contributed by atoms with Gasteiger partial charge in [0.1, 0.15) is 5.01 Å². The number of aryl methyl sites for hydroxylation is 1. The molecule has 3 rings (SSSR count). The van der Waals surface area contributed by atoms with Gasteiger partial charge in [-0.15, -0.1) is 11.3 Å². The second-order valence-corrected chi connectivity index (χ2v) is 6.78. The molecule has 0 spiro atoms. The maximum absolute atomic E-state index is 12.3. The van der Waals surface area contributed by atoms with Crippen molar-refractivity contribution in [2.75, 3.05) is 7.05 Å². The molecule has 1 aromatic carbocycles. The highest BCUT2D eigenvalue weighted by molar-refractivity contribution is 7.09. The Kier molecular flexibility index (Phi) is 4.46. The summed E-state index contributed by atoms with van der Waals surface area (Å²) in [5.74, 6) is -0.543. The van der Waals surface area contributed by atoms with Crippen molar-refractivity contribution < 1.29 is 4.79 Å². The van der Waals surface area contributed by atoms with Gasteiger partial charge >= 0.3 is 0 Å². The first-order valence-corrected chi connectivity index (χ1v) is 8.35. The van der Waals surface area contributed by atoms with E-state index in [1.807, 2.05) is 19.4 Å². The number of fused-ring (bicyclic) bond motifs is 1. The van der Waals surface area contributed by atoms with E-state index in [2.05, 4.69) is 14.9 Å². The molecule has 0 radical (unpaired) electrons. The van der Waals surface area contributed by atoms with Crippen molar-refractivity contribution >= 4 is 28.1 Å². The molecule has 0 unspecified atom stereocenters. The van der Waals surface area contributed by atoms with Crippen LogP contribution in [0.25, 0.3) is 10.9 Å². The molecule has 1 amide bonds. The Morgan fingerprint density at radius 2 is 2.12 bits per heavy atom. The van der Waals surface area contributed by atoms with Crippen LogP contribution in [0.2, 0.25) is 0 Å². The van der Waals surface area contributed by atoms with E-state index >= 15 is 0 Å². The molecule has 2 heterocycles. The molecule has 0 saturated heterocycles. The van der Waals surface area contributed by atoms with Crippen molar-refractivity contribution in [3.8, 4) is 0 Å². The Morgan fingerprint density at radius 3 is 2.79 bits per heavy atom. The fraction of sp³-hybridized carbons (Fsp3) is 0.235. The zero-order chi connectivity index (χ0) is 17.3. The van der Waals surface area contributed by atoms with Gasteiger partial charge in [-0.3, -0.25) is 14.5 Å². The number of aromatic nitrogens is 2. The van der Waals surface area contributed by atoms with E-state index in [1.165, 1.54) is 6.07 Å². The third-order valence-corrected chi connectivity index (χ3v) is 4.63. The fourth-order valence-electron chi connectivity index (χ4n) is 2.59. The third kappa shape index (κ3) is 3.52. The van der Waals surface area contributed by atoms with Crippen LogP contribution < -0.4 is 11.2 Å². The molecule has 0 aliphatic heterocycles. The molecule has 3 aromatic rings. The number of hydrogen-bond acceptors (Lipinski definition) is 5. The van der Waals surface area contributed by atoms with Gasteiger partial charge < -0.3 is 10.7 Å². The van der Waals surface area contributed by atoms with Crippen LogP contribution in [0.3, 0.4) is 0 Å². The summed E-state index contributed by atoms with van der Waals surface area (Å²) in [6.07, 6.45) is 0. The largest absolute Gasteiger partial charge is 0.366 e. The number of nitrogens with two attached hydrogens (primary N) is 1. The summed E-state index contributed by atoms with van der Waals surface area (Å²) >= 11 is 1.63. The Bertz CT molecular complexity index is 961. The first-order valence-electron chi connectivity index (χ1n) is 7.47. The van der Waals surface area contributed by atoms with Crippen LogP contribution in [-0.4, -0.2) is 27.8 Å². The summed E-state index contributed by atoms with van der Waals surface area (Å²) in [7, 11) is 1.98. The van der Waals surface area contributed by atoms with Crippen LogP contribution in [0, 0.1) is 6.92 Å². The monoisotopic (exact) mass is 342 g/mol. The molecule has 6 nitrogen and oxygen atoms in total. The maximum Gasteiger partial charge on any atom is 0.248 e. The number of rotatable bonds is 5. The Morgan fingerprint density at radius 1 is 1.33 bits per heavy atom. The molecule has 2 aromatic heterocycles. The SMILES string of the molecule is Cc1csc(CN(C)Cc2cc(=O)c3cc(C(N)=O)ccc3[nH]2)n1. The van der Waals surface area contributed by atoms with Crippen molar-refractivity contribution in [2.24, 2.45) is 5.73 Å². The number of benzene rings is 1. The predicted molar refractivity (Wildman–Crippen MR) is 95.1 cm³/mol. The number of carbonyl (C=O) groups excluding carboxylic acids is 1. The molecule has 0 saturated carbocycles. The summed E-state index contributed by atoms with van der Waals surface area (Å²) in [6.45, 7) is 3.29. The topological polar surface area (TPSA) is 92.1 Å². The van der Waals surface area contributed by atoms with Gasteiger partial charge in [0.25, 0.3) is 0 Å². The molecular formula is C17H18N4O2S. The average molecular weight is 342 g/mol. The molecule has 124 valence electrons. The third-order valence-electron chi connectivity index (χ3n) is 3.68. The van der Waals surface area contributed by atoms with Gasteiger partial charge in [-0.25, -0.2) is 4.98 Å². The van der Waals surface area contributed by atoms with Gasteiger partial charge in [0.05, 0.1) is 6.54 Å². The van der Waals surface area contributed by atoms with Gasteiger partial charge in [0.15, 0.2) is 5.43 Å². The lowest BCUT2D eigenvalue weighted by Gasteiger charge is -2.15. The van der Waals surface area contributed by atoms with Gasteiger partial charge in [-0.1, -0.05) is 0 Å². The lowest BCUT2D eigenvalue weighted by Crippen LogP contribution is -2.19. The van der Waals surface area contributed by atoms with E-state index in [0.29, 0.717) is 23.0 Å². The molecule has 3 N–H and O–H groups in total. The van der Waals surface area contributed by atoms with Crippen molar-refractivity contribution in [3.05, 3.63) is 61.8 Å². The molecule has 0 aliphatic rings. The number of pyridine rings is 1. The number of amides is 1. The Hall–Kier alpha value is -2.51. The highest BCUT2D eigenvalue weighted by atomic mass is 32.1. The van der Waals surface area contributed by atoms with Crippen LogP contribution in [0.15, 0.2) is 34.4 Å². The van der Waals surface area contributed by atoms with Crippen molar-refractivity contribution in [2.45, 2.75) is 20.0 Å². The van der Waals surface area contributed by atoms with Crippen LogP contribution in [0.1, 0.15) is 26.8 Å². The number of aromatic amines is 1. The number of primary amides is 1. The minimum absolute atomic E-state index is 0.125. The summed E-state index contributed by atoms with van der Waals surface area (Å²) in [5, 5.41) is 3.54. The molecule has 24 heavy (non-hydrogen) atoms. The smallest absolute Gasteiger partial charge is 0.248 e. The summed E-state index contributed by atoms with van der Waals surface area (Å²) in [4.78, 5) is 33.3. The highest BCUT2D eigenvalue weighted by Gasteiger charge is 2.09. The maximum atomic E-state index is 12.3. The molecule has 0 aliphatic carbocycles. The lowest BCUT2D eigenvalue weighted by molar-refractivity contribution is 0.100. The Labute approximate surface area is 142 Å². The molecule has 0 bridgehead atoms. The van der Waals surface area contributed by atoms with E-state index in [0.717, 1.165) is 22.9 Å². The molecule has 0 atom stereocenters. The summed E-state index contributed by atoms with van der Waals surface area (Å²) in [5.41, 5.74) is 8.00. The van der Waals surface area contributed by atoms with E-state index in [-0.39, 0.29) is 5.43 Å². The summed E-state index contributed by atoms with van der Waals surface area (Å²) in [6, 6.07) is 6.43. The zero-order valence-corrected chi connectivity index (χ0v) is 14.3. The fourth-order valence-corrected chi connectivity index (χ4v) is 3.44. The average Bonchev–Trinajstić information content (AvgIpc) is 2.91. The number of nitrogens with zero attached hydrogens (tertiary/aromatic N) is 2. The number of thiazole rings is 1. The number of H-pyrrole nitrogens is 1. The Balaban J connectivity index is 1.83. The minimum atomic E-state index is -0.543. The highest BCUT2D eigenvalue weighted by Crippen LogP contribution is 2.14. The van der Waals surface area contributed by atoms with E-state index < -0.39 is 5.91 Å². The molecule has 0 fully saturated rings. The molecule has 7 heteroatoms. The van der Waals surface area contributed by atoms with Crippen LogP contribution >= 0.6 is 11.3 Å². The van der Waals surface area contributed by atoms with Crippen LogP contribution in [0.4, 0.5) is 0 Å². The quantitative estimate of drug-likeness (QED) is 0.742. The number of carbonyl (C=O) groups is 1. The molecular weight excluding hydrogens is 324 g/mol. The lowest BCUT2D eigenvalue weighted by atomic mass is 10.1. The standard InChI is InChI=1S/C17H18N4O2S/c1-10-9-24-16(19-10)8-21(2)7-12-6-15(22)13-5-11(17(18)23)3-4-14(13)20-12/h3-6,9H,7-8H2,1-2H3,(H2,18,23)(H,20,22). The second kappa shape index (κ2) is 6.54. The van der Waals surface area contributed by atoms with E-state index in [9.17, 15) is 9.59 Å². The minimum Gasteiger partial charge on any atom is -0.366 e. The van der Waals surface area contributed by atoms with E-state index in [4.69, 9.17) is 5.73 Å². The zero-order valence-electron chi connectivity index (χ0n) is 13.5. The number of hydrogen-bond donors (Lipinski definition) is 2. The van der Waals surface area contributed by atoms with Gasteiger partial charge in [0.2, 0.25) is 5.91 Å². The predicted octanol–water partition coefficient (Wildman–Crippen LogP) is 2.02. The second-order valence-electron chi connectivity index (χ2n) is 5.84. The van der Waals surface area contributed by atoms with Crippen molar-refractivity contribution in [1.29, 1.82) is 0 Å². The first kappa shape index (κ1) is 16.4. The van der Waals surface area contributed by atoms with Crippen LogP contribution in [0.5, 0.6) is 0 Å².